The maximum Gasteiger partial charge on any atom is 0.125 e. The van der Waals surface area contributed by atoms with Gasteiger partial charge in [0, 0.05) is 24.5 Å². The van der Waals surface area contributed by atoms with Crippen molar-refractivity contribution in [3.63, 3.8) is 0 Å². The molecule has 2 unspecified atom stereocenters. The molecule has 0 saturated carbocycles. The SMILES string of the molecule is CCCOc1ccccc1C1(O)CCOCC1C. The van der Waals surface area contributed by atoms with Gasteiger partial charge in [0.1, 0.15) is 11.4 Å². The molecule has 1 aromatic carbocycles. The Balaban J connectivity index is 2.30. The third-order valence-electron chi connectivity index (χ3n) is 3.63. The van der Waals surface area contributed by atoms with Gasteiger partial charge in [-0.2, -0.15) is 0 Å². The molecule has 2 rings (SSSR count). The Kier molecular flexibility index (Phi) is 4.25. The van der Waals surface area contributed by atoms with Crippen LogP contribution in [0.4, 0.5) is 0 Å². The first-order valence-corrected chi connectivity index (χ1v) is 6.71. The van der Waals surface area contributed by atoms with E-state index in [4.69, 9.17) is 9.47 Å². The summed E-state index contributed by atoms with van der Waals surface area (Å²) in [4.78, 5) is 0. The number of rotatable bonds is 4. The first kappa shape index (κ1) is 13.4. The maximum atomic E-state index is 10.9. The summed E-state index contributed by atoms with van der Waals surface area (Å²) in [5.74, 6) is 0.883. The summed E-state index contributed by atoms with van der Waals surface area (Å²) in [6, 6.07) is 7.80. The fraction of sp³-hybridized carbons (Fsp3) is 0.600. The van der Waals surface area contributed by atoms with E-state index in [0.717, 1.165) is 17.7 Å². The molecule has 0 radical (unpaired) electrons. The van der Waals surface area contributed by atoms with Crippen molar-refractivity contribution in [3.05, 3.63) is 29.8 Å². The molecule has 1 heterocycles. The zero-order valence-corrected chi connectivity index (χ0v) is 11.2. The second-order valence-electron chi connectivity index (χ2n) is 4.99. The number of ether oxygens (including phenoxy) is 2. The van der Waals surface area contributed by atoms with Crippen molar-refractivity contribution in [2.45, 2.75) is 32.3 Å². The molecule has 3 heteroatoms. The second-order valence-corrected chi connectivity index (χ2v) is 4.99. The lowest BCUT2D eigenvalue weighted by molar-refractivity contribution is -0.112. The highest BCUT2D eigenvalue weighted by Crippen LogP contribution is 2.40. The number of para-hydroxylation sites is 1. The molecule has 0 amide bonds. The molecule has 0 bridgehead atoms. The number of benzene rings is 1. The average Bonchev–Trinajstić information content (AvgIpc) is 2.40. The molecule has 1 aromatic rings. The second kappa shape index (κ2) is 5.72. The minimum Gasteiger partial charge on any atom is -0.493 e. The van der Waals surface area contributed by atoms with Gasteiger partial charge < -0.3 is 14.6 Å². The van der Waals surface area contributed by atoms with Crippen molar-refractivity contribution < 1.29 is 14.6 Å². The predicted octanol–water partition coefficient (Wildman–Crippen LogP) is 2.72. The van der Waals surface area contributed by atoms with Gasteiger partial charge in [-0.3, -0.25) is 0 Å². The lowest BCUT2D eigenvalue weighted by atomic mass is 9.78. The highest BCUT2D eigenvalue weighted by atomic mass is 16.5. The van der Waals surface area contributed by atoms with Gasteiger partial charge in [0.2, 0.25) is 0 Å². The highest BCUT2D eigenvalue weighted by molar-refractivity contribution is 5.38. The van der Waals surface area contributed by atoms with E-state index < -0.39 is 5.60 Å². The monoisotopic (exact) mass is 250 g/mol. The van der Waals surface area contributed by atoms with Gasteiger partial charge in [-0.15, -0.1) is 0 Å². The van der Waals surface area contributed by atoms with Crippen molar-refractivity contribution in [3.8, 4) is 5.75 Å². The van der Waals surface area contributed by atoms with Crippen LogP contribution in [0.15, 0.2) is 24.3 Å². The summed E-state index contributed by atoms with van der Waals surface area (Å²) in [7, 11) is 0. The Morgan fingerprint density at radius 2 is 2.22 bits per heavy atom. The molecule has 3 nitrogen and oxygen atoms in total. The van der Waals surface area contributed by atoms with Gasteiger partial charge in [0.25, 0.3) is 0 Å². The van der Waals surface area contributed by atoms with E-state index in [9.17, 15) is 5.11 Å². The fourth-order valence-electron chi connectivity index (χ4n) is 2.43. The van der Waals surface area contributed by atoms with E-state index >= 15 is 0 Å². The first-order chi connectivity index (χ1) is 8.68. The fourth-order valence-corrected chi connectivity index (χ4v) is 2.43. The third kappa shape index (κ3) is 2.52. The summed E-state index contributed by atoms with van der Waals surface area (Å²) >= 11 is 0. The summed E-state index contributed by atoms with van der Waals surface area (Å²) < 4.78 is 11.2. The van der Waals surface area contributed by atoms with E-state index in [1.807, 2.05) is 31.2 Å². The van der Waals surface area contributed by atoms with Crippen LogP contribution in [0, 0.1) is 5.92 Å². The van der Waals surface area contributed by atoms with Crippen molar-refractivity contribution in [1.29, 1.82) is 0 Å². The highest BCUT2D eigenvalue weighted by Gasteiger charge is 2.40. The van der Waals surface area contributed by atoms with Crippen molar-refractivity contribution in [2.75, 3.05) is 19.8 Å². The van der Waals surface area contributed by atoms with Gasteiger partial charge in [-0.25, -0.2) is 0 Å². The Bertz CT molecular complexity index is 391. The van der Waals surface area contributed by atoms with Crippen LogP contribution in [0.2, 0.25) is 0 Å². The molecule has 0 aromatic heterocycles. The molecule has 18 heavy (non-hydrogen) atoms. The molecule has 1 N–H and O–H groups in total. The lowest BCUT2D eigenvalue weighted by Gasteiger charge is -2.39. The van der Waals surface area contributed by atoms with Crippen LogP contribution < -0.4 is 4.74 Å². The molecule has 100 valence electrons. The van der Waals surface area contributed by atoms with Crippen molar-refractivity contribution >= 4 is 0 Å². The number of hydrogen-bond acceptors (Lipinski definition) is 3. The van der Waals surface area contributed by atoms with E-state index in [1.165, 1.54) is 0 Å². The molecule has 1 saturated heterocycles. The average molecular weight is 250 g/mol. The van der Waals surface area contributed by atoms with E-state index in [-0.39, 0.29) is 5.92 Å². The minimum atomic E-state index is -0.831. The smallest absolute Gasteiger partial charge is 0.125 e. The van der Waals surface area contributed by atoms with Crippen LogP contribution in [0.3, 0.4) is 0 Å². The summed E-state index contributed by atoms with van der Waals surface area (Å²) in [6.45, 7) is 5.98. The number of aliphatic hydroxyl groups is 1. The van der Waals surface area contributed by atoms with Gasteiger partial charge >= 0.3 is 0 Å². The van der Waals surface area contributed by atoms with Crippen molar-refractivity contribution in [1.82, 2.24) is 0 Å². The first-order valence-electron chi connectivity index (χ1n) is 6.71. The Morgan fingerprint density at radius 3 is 2.94 bits per heavy atom. The van der Waals surface area contributed by atoms with Crippen molar-refractivity contribution in [2.24, 2.45) is 5.92 Å². The van der Waals surface area contributed by atoms with Crippen LogP contribution in [0.1, 0.15) is 32.3 Å². The molecule has 2 atom stereocenters. The predicted molar refractivity (Wildman–Crippen MR) is 70.7 cm³/mol. The van der Waals surface area contributed by atoms with Gasteiger partial charge in [-0.05, 0) is 12.5 Å². The zero-order valence-electron chi connectivity index (χ0n) is 11.2. The molecular weight excluding hydrogens is 228 g/mol. The number of hydrogen-bond donors (Lipinski definition) is 1. The minimum absolute atomic E-state index is 0.0811. The van der Waals surface area contributed by atoms with Gasteiger partial charge in [0.15, 0.2) is 0 Å². The third-order valence-corrected chi connectivity index (χ3v) is 3.63. The Morgan fingerprint density at radius 1 is 1.44 bits per heavy atom. The van der Waals surface area contributed by atoms with Gasteiger partial charge in [0.05, 0.1) is 13.2 Å². The van der Waals surface area contributed by atoms with E-state index in [1.54, 1.807) is 0 Å². The lowest BCUT2D eigenvalue weighted by Crippen LogP contribution is -2.41. The molecule has 1 aliphatic heterocycles. The summed E-state index contributed by atoms with van der Waals surface area (Å²) in [5.41, 5.74) is 0.0667. The maximum absolute atomic E-state index is 10.9. The van der Waals surface area contributed by atoms with Crippen LogP contribution in [0.25, 0.3) is 0 Å². The largest absolute Gasteiger partial charge is 0.493 e. The van der Waals surface area contributed by atoms with Crippen LogP contribution in [-0.2, 0) is 10.3 Å². The summed E-state index contributed by atoms with van der Waals surface area (Å²) in [6.07, 6.45) is 1.59. The van der Waals surface area contributed by atoms with Gasteiger partial charge in [-0.1, -0.05) is 32.0 Å². The molecule has 0 spiro atoms. The quantitative estimate of drug-likeness (QED) is 0.893. The van der Waals surface area contributed by atoms with E-state index in [0.29, 0.717) is 26.2 Å². The summed E-state index contributed by atoms with van der Waals surface area (Å²) in [5, 5.41) is 10.9. The Hall–Kier alpha value is -1.06. The standard InChI is InChI=1S/C15H22O3/c1-3-9-18-14-7-5-4-6-13(14)15(16)8-10-17-11-12(15)2/h4-7,12,16H,3,8-11H2,1-2H3. The van der Waals surface area contributed by atoms with Crippen LogP contribution in [-0.4, -0.2) is 24.9 Å². The van der Waals surface area contributed by atoms with Crippen LogP contribution in [0.5, 0.6) is 5.75 Å². The zero-order chi connectivity index (χ0) is 13.0. The molecular formula is C15H22O3. The van der Waals surface area contributed by atoms with Crippen LogP contribution >= 0.6 is 0 Å². The molecule has 1 fully saturated rings. The molecule has 1 aliphatic rings. The molecule has 0 aliphatic carbocycles. The Labute approximate surface area is 109 Å². The van der Waals surface area contributed by atoms with E-state index in [2.05, 4.69) is 6.92 Å². The topological polar surface area (TPSA) is 38.7 Å². The normalized spacial score (nSPS) is 28.1.